The number of aromatic nitrogens is 1. The van der Waals surface area contributed by atoms with E-state index in [0.717, 1.165) is 37.1 Å². The Bertz CT molecular complexity index is 817. The lowest BCUT2D eigenvalue weighted by Crippen LogP contribution is -2.40. The predicted molar refractivity (Wildman–Crippen MR) is 104 cm³/mol. The van der Waals surface area contributed by atoms with Gasteiger partial charge in [0.25, 0.3) is 5.91 Å². The number of aryl methyl sites for hydroxylation is 1. The van der Waals surface area contributed by atoms with Gasteiger partial charge in [0.1, 0.15) is 11.5 Å². The van der Waals surface area contributed by atoms with Crippen LogP contribution in [0.2, 0.25) is 0 Å². The lowest BCUT2D eigenvalue weighted by Gasteiger charge is -2.32. The number of carbonyl (C=O) groups excluding carboxylic acids is 2. The molecule has 2 heterocycles. The molecule has 150 valence electrons. The van der Waals surface area contributed by atoms with E-state index in [-0.39, 0.29) is 11.8 Å². The summed E-state index contributed by atoms with van der Waals surface area (Å²) in [6.07, 6.45) is 3.20. The van der Waals surface area contributed by atoms with Gasteiger partial charge in [0.15, 0.2) is 5.69 Å². The minimum Gasteiger partial charge on any atom is -0.497 e. The first kappa shape index (κ1) is 19.9. The van der Waals surface area contributed by atoms with Crippen molar-refractivity contribution in [2.45, 2.75) is 39.2 Å². The summed E-state index contributed by atoms with van der Waals surface area (Å²) in [5.74, 6) is 1.67. The van der Waals surface area contributed by atoms with Crippen LogP contribution in [0.3, 0.4) is 0 Å². The molecule has 1 N–H and O–H groups in total. The summed E-state index contributed by atoms with van der Waals surface area (Å²) in [4.78, 5) is 26.5. The number of nitrogens with one attached hydrogen (secondary N) is 1. The SMILES string of the molecule is COc1cccc(CNC(=O)CC[C@H]2CCCN(C(=O)c3cc(C)on3)C2)c1. The highest BCUT2D eigenvalue weighted by Crippen LogP contribution is 2.22. The summed E-state index contributed by atoms with van der Waals surface area (Å²) >= 11 is 0. The lowest BCUT2D eigenvalue weighted by atomic mass is 9.93. The van der Waals surface area contributed by atoms with Crippen molar-refractivity contribution in [1.82, 2.24) is 15.4 Å². The third kappa shape index (κ3) is 5.34. The van der Waals surface area contributed by atoms with E-state index in [9.17, 15) is 9.59 Å². The Balaban J connectivity index is 1.43. The zero-order valence-electron chi connectivity index (χ0n) is 16.4. The van der Waals surface area contributed by atoms with Crippen molar-refractivity contribution in [2.24, 2.45) is 5.92 Å². The largest absolute Gasteiger partial charge is 0.497 e. The highest BCUT2D eigenvalue weighted by molar-refractivity contribution is 5.92. The van der Waals surface area contributed by atoms with Crippen molar-refractivity contribution in [3.05, 3.63) is 47.3 Å². The van der Waals surface area contributed by atoms with Crippen LogP contribution in [-0.2, 0) is 11.3 Å². The van der Waals surface area contributed by atoms with Crippen molar-refractivity contribution in [1.29, 1.82) is 0 Å². The first-order valence-corrected chi connectivity index (χ1v) is 9.67. The normalized spacial score (nSPS) is 16.6. The Morgan fingerprint density at radius 3 is 2.96 bits per heavy atom. The molecule has 0 spiro atoms. The van der Waals surface area contributed by atoms with Crippen LogP contribution >= 0.6 is 0 Å². The van der Waals surface area contributed by atoms with Gasteiger partial charge in [-0.25, -0.2) is 0 Å². The van der Waals surface area contributed by atoms with Crippen LogP contribution in [-0.4, -0.2) is 42.1 Å². The van der Waals surface area contributed by atoms with Crippen LogP contribution < -0.4 is 10.1 Å². The molecular formula is C21H27N3O4. The molecule has 7 heteroatoms. The van der Waals surface area contributed by atoms with Gasteiger partial charge in [-0.1, -0.05) is 17.3 Å². The highest BCUT2D eigenvalue weighted by Gasteiger charge is 2.26. The monoisotopic (exact) mass is 385 g/mol. The van der Waals surface area contributed by atoms with E-state index in [1.165, 1.54) is 0 Å². The second-order valence-corrected chi connectivity index (χ2v) is 7.25. The average molecular weight is 385 g/mol. The average Bonchev–Trinajstić information content (AvgIpc) is 3.16. The van der Waals surface area contributed by atoms with E-state index in [2.05, 4.69) is 10.5 Å². The molecule has 28 heavy (non-hydrogen) atoms. The maximum atomic E-state index is 12.5. The number of carbonyl (C=O) groups is 2. The van der Waals surface area contributed by atoms with Crippen LogP contribution in [0.15, 0.2) is 34.9 Å². The maximum absolute atomic E-state index is 12.5. The summed E-state index contributed by atoms with van der Waals surface area (Å²) in [7, 11) is 1.62. The highest BCUT2D eigenvalue weighted by atomic mass is 16.5. The first-order valence-electron chi connectivity index (χ1n) is 9.67. The number of nitrogens with zero attached hydrogens (tertiary/aromatic N) is 2. The molecule has 2 amide bonds. The molecule has 1 aliphatic rings. The van der Waals surface area contributed by atoms with Gasteiger partial charge in [-0.15, -0.1) is 0 Å². The summed E-state index contributed by atoms with van der Waals surface area (Å²) in [5.41, 5.74) is 1.36. The number of amides is 2. The Morgan fingerprint density at radius 1 is 1.36 bits per heavy atom. The van der Waals surface area contributed by atoms with E-state index < -0.39 is 0 Å². The summed E-state index contributed by atoms with van der Waals surface area (Å²) in [5, 5.41) is 6.77. The number of ether oxygens (including phenoxy) is 1. The van der Waals surface area contributed by atoms with Gasteiger partial charge < -0.3 is 19.5 Å². The minimum atomic E-state index is -0.0935. The Labute approximate surface area is 165 Å². The van der Waals surface area contributed by atoms with Gasteiger partial charge in [-0.2, -0.15) is 0 Å². The number of likely N-dealkylation sites (tertiary alicyclic amines) is 1. The zero-order valence-corrected chi connectivity index (χ0v) is 16.4. The Kier molecular flexibility index (Phi) is 6.68. The molecule has 1 saturated heterocycles. The quantitative estimate of drug-likeness (QED) is 0.792. The molecule has 7 nitrogen and oxygen atoms in total. The van der Waals surface area contributed by atoms with E-state index in [0.29, 0.717) is 36.9 Å². The second kappa shape index (κ2) is 9.39. The van der Waals surface area contributed by atoms with Crippen molar-refractivity contribution in [3.63, 3.8) is 0 Å². The smallest absolute Gasteiger partial charge is 0.276 e. The van der Waals surface area contributed by atoms with E-state index in [4.69, 9.17) is 9.26 Å². The molecule has 1 fully saturated rings. The number of piperidine rings is 1. The Hall–Kier alpha value is -2.83. The number of hydrogen-bond donors (Lipinski definition) is 1. The molecule has 2 aromatic rings. The van der Waals surface area contributed by atoms with Crippen LogP contribution in [0.5, 0.6) is 5.75 Å². The molecule has 1 aromatic carbocycles. The first-order chi connectivity index (χ1) is 13.5. The summed E-state index contributed by atoms with van der Waals surface area (Å²) in [6, 6.07) is 9.32. The van der Waals surface area contributed by atoms with Crippen LogP contribution in [0.1, 0.15) is 47.5 Å². The third-order valence-corrected chi connectivity index (χ3v) is 5.06. The van der Waals surface area contributed by atoms with Gasteiger partial charge in [-0.05, 0) is 49.8 Å². The fraction of sp³-hybridized carbons (Fsp3) is 0.476. The topological polar surface area (TPSA) is 84.7 Å². The van der Waals surface area contributed by atoms with Crippen LogP contribution in [0.25, 0.3) is 0 Å². The van der Waals surface area contributed by atoms with Crippen molar-refractivity contribution >= 4 is 11.8 Å². The second-order valence-electron chi connectivity index (χ2n) is 7.25. The molecule has 3 rings (SSSR count). The molecule has 0 aliphatic carbocycles. The van der Waals surface area contributed by atoms with Crippen molar-refractivity contribution in [2.75, 3.05) is 20.2 Å². The van der Waals surface area contributed by atoms with E-state index >= 15 is 0 Å². The molecule has 0 saturated carbocycles. The number of methoxy groups -OCH3 is 1. The van der Waals surface area contributed by atoms with E-state index in [1.54, 1.807) is 20.1 Å². The van der Waals surface area contributed by atoms with Gasteiger partial charge in [0.2, 0.25) is 5.91 Å². The van der Waals surface area contributed by atoms with Gasteiger partial charge in [0.05, 0.1) is 7.11 Å². The molecular weight excluding hydrogens is 358 g/mol. The van der Waals surface area contributed by atoms with Crippen LogP contribution in [0, 0.1) is 12.8 Å². The van der Waals surface area contributed by atoms with Gasteiger partial charge in [-0.3, -0.25) is 9.59 Å². The maximum Gasteiger partial charge on any atom is 0.276 e. The molecule has 0 bridgehead atoms. The standard InChI is InChI=1S/C21H27N3O4/c1-15-11-19(23-28-15)21(26)24-10-4-6-16(14-24)8-9-20(25)22-13-17-5-3-7-18(12-17)27-2/h3,5,7,11-12,16H,4,6,8-10,13-14H2,1-2H3,(H,22,25)/t16-/m1/s1. The Morgan fingerprint density at radius 2 is 2.21 bits per heavy atom. The third-order valence-electron chi connectivity index (χ3n) is 5.06. The molecule has 0 radical (unpaired) electrons. The number of rotatable bonds is 7. The minimum absolute atomic E-state index is 0.0263. The molecule has 1 atom stereocenters. The predicted octanol–water partition coefficient (Wildman–Crippen LogP) is 2.94. The van der Waals surface area contributed by atoms with Gasteiger partial charge >= 0.3 is 0 Å². The molecule has 1 aromatic heterocycles. The van der Waals surface area contributed by atoms with E-state index in [1.807, 2.05) is 29.2 Å². The molecule has 0 unspecified atom stereocenters. The number of benzene rings is 1. The van der Waals surface area contributed by atoms with Gasteiger partial charge in [0, 0.05) is 32.1 Å². The zero-order chi connectivity index (χ0) is 19.9. The van der Waals surface area contributed by atoms with Crippen molar-refractivity contribution in [3.8, 4) is 5.75 Å². The molecule has 1 aliphatic heterocycles. The fourth-order valence-corrected chi connectivity index (χ4v) is 3.52. The lowest BCUT2D eigenvalue weighted by molar-refractivity contribution is -0.121. The fourth-order valence-electron chi connectivity index (χ4n) is 3.52. The number of hydrogen-bond acceptors (Lipinski definition) is 5. The van der Waals surface area contributed by atoms with Crippen LogP contribution in [0.4, 0.5) is 0 Å². The van der Waals surface area contributed by atoms with Crippen molar-refractivity contribution < 1.29 is 18.8 Å². The summed E-state index contributed by atoms with van der Waals surface area (Å²) < 4.78 is 10.2. The summed E-state index contributed by atoms with van der Waals surface area (Å²) in [6.45, 7) is 3.64.